The number of H-pyrrole nitrogens is 2. The van der Waals surface area contributed by atoms with E-state index in [2.05, 4.69) is 20.2 Å². The number of hydrogen-bond donors (Lipinski definition) is 2. The second-order valence-corrected chi connectivity index (χ2v) is 5.92. The Morgan fingerprint density at radius 1 is 1.35 bits per heavy atom. The molecule has 2 aromatic rings. The lowest BCUT2D eigenvalue weighted by Gasteiger charge is -2.22. The average Bonchev–Trinajstić information content (AvgIpc) is 2.83. The topological polar surface area (TPSA) is 80.9 Å². The Morgan fingerprint density at radius 2 is 2.13 bits per heavy atom. The highest BCUT2D eigenvalue weighted by atomic mass is 19.4. The van der Waals surface area contributed by atoms with Gasteiger partial charge in [0.2, 0.25) is 5.95 Å². The van der Waals surface area contributed by atoms with E-state index < -0.39 is 12.7 Å². The molecule has 0 spiro atoms. The van der Waals surface area contributed by atoms with E-state index in [1.807, 2.05) is 11.8 Å². The number of alkyl halides is 3. The Balaban J connectivity index is 1.81. The Hall–Kier alpha value is -2.10. The lowest BCUT2D eigenvalue weighted by atomic mass is 10.1. The van der Waals surface area contributed by atoms with Crippen LogP contribution < -0.4 is 10.5 Å². The summed E-state index contributed by atoms with van der Waals surface area (Å²) in [5, 5.41) is 6.77. The van der Waals surface area contributed by atoms with E-state index in [1.54, 1.807) is 0 Å². The minimum atomic E-state index is -4.21. The molecule has 1 saturated heterocycles. The molecule has 0 amide bonds. The Morgan fingerprint density at radius 3 is 2.87 bits per heavy atom. The van der Waals surface area contributed by atoms with Crippen LogP contribution in [0.25, 0.3) is 11.0 Å². The fraction of sp³-hybridized carbons (Fsp3) is 0.615. The van der Waals surface area contributed by atoms with E-state index in [4.69, 9.17) is 0 Å². The van der Waals surface area contributed by atoms with Crippen molar-refractivity contribution >= 4 is 17.0 Å². The third kappa shape index (κ3) is 3.63. The van der Waals surface area contributed by atoms with Crippen molar-refractivity contribution in [1.29, 1.82) is 0 Å². The van der Waals surface area contributed by atoms with Crippen LogP contribution in [-0.2, 0) is 0 Å². The highest BCUT2D eigenvalue weighted by Gasteiger charge is 2.33. The van der Waals surface area contributed by atoms with Crippen LogP contribution in [0.2, 0.25) is 0 Å². The van der Waals surface area contributed by atoms with Crippen LogP contribution in [-0.4, -0.2) is 64.0 Å². The largest absolute Gasteiger partial charge is 0.401 e. The van der Waals surface area contributed by atoms with Crippen LogP contribution in [0.3, 0.4) is 0 Å². The van der Waals surface area contributed by atoms with Crippen LogP contribution in [0.4, 0.5) is 19.1 Å². The summed E-state index contributed by atoms with van der Waals surface area (Å²) in [6, 6.07) is 0. The number of halogens is 3. The molecule has 0 radical (unpaired) electrons. The lowest BCUT2D eigenvalue weighted by Crippen LogP contribution is -2.38. The van der Waals surface area contributed by atoms with Crippen molar-refractivity contribution in [1.82, 2.24) is 25.1 Å². The molecule has 126 valence electrons. The Bertz CT molecular complexity index is 739. The standard InChI is InChI=1S/C13H17F3N6O/c1-8-5-21(7-13(14,15)16)2-3-22(6-8)12-18-10-9(4-17-20-10)11(23)19-12/h4,8H,2-3,5-7H2,1H3,(H2,17,18,19,20,23). The van der Waals surface area contributed by atoms with Crippen molar-refractivity contribution in [2.75, 3.05) is 37.6 Å². The third-order valence-electron chi connectivity index (χ3n) is 3.80. The minimum absolute atomic E-state index is 0.0163. The highest BCUT2D eigenvalue weighted by Crippen LogP contribution is 2.20. The second-order valence-electron chi connectivity index (χ2n) is 5.92. The molecule has 7 nitrogen and oxygen atoms in total. The van der Waals surface area contributed by atoms with Crippen LogP contribution >= 0.6 is 0 Å². The van der Waals surface area contributed by atoms with Crippen molar-refractivity contribution in [2.45, 2.75) is 13.1 Å². The lowest BCUT2D eigenvalue weighted by molar-refractivity contribution is -0.146. The predicted octanol–water partition coefficient (Wildman–Crippen LogP) is 0.967. The summed E-state index contributed by atoms with van der Waals surface area (Å²) >= 11 is 0. The minimum Gasteiger partial charge on any atom is -0.341 e. The first-order chi connectivity index (χ1) is 10.8. The summed E-state index contributed by atoms with van der Waals surface area (Å²) in [4.78, 5) is 22.2. The maximum atomic E-state index is 12.6. The first-order valence-electron chi connectivity index (χ1n) is 7.29. The molecule has 0 aromatic carbocycles. The number of nitrogens with zero attached hydrogens (tertiary/aromatic N) is 4. The molecular formula is C13H17F3N6O. The molecule has 1 unspecified atom stereocenters. The van der Waals surface area contributed by atoms with Gasteiger partial charge in [0.25, 0.3) is 5.56 Å². The Kier molecular flexibility index (Phi) is 4.00. The molecule has 2 N–H and O–H groups in total. The second kappa shape index (κ2) is 5.84. The molecule has 2 aromatic heterocycles. The number of aromatic nitrogens is 4. The van der Waals surface area contributed by atoms with Gasteiger partial charge in [-0.25, -0.2) is 0 Å². The Labute approximate surface area is 129 Å². The van der Waals surface area contributed by atoms with Crippen LogP contribution in [0.5, 0.6) is 0 Å². The number of hydrogen-bond acceptors (Lipinski definition) is 5. The molecule has 23 heavy (non-hydrogen) atoms. The number of fused-ring (bicyclic) bond motifs is 1. The van der Waals surface area contributed by atoms with Gasteiger partial charge in [-0.05, 0) is 5.92 Å². The zero-order chi connectivity index (χ0) is 16.6. The van der Waals surface area contributed by atoms with Crippen molar-refractivity contribution < 1.29 is 13.2 Å². The van der Waals surface area contributed by atoms with E-state index in [0.29, 0.717) is 36.6 Å². The zero-order valence-corrected chi connectivity index (χ0v) is 12.5. The molecule has 1 atom stereocenters. The van der Waals surface area contributed by atoms with Gasteiger partial charge in [0.05, 0.1) is 12.7 Å². The van der Waals surface area contributed by atoms with Gasteiger partial charge < -0.3 is 4.90 Å². The first-order valence-corrected chi connectivity index (χ1v) is 7.29. The molecule has 0 aliphatic carbocycles. The smallest absolute Gasteiger partial charge is 0.341 e. The number of rotatable bonds is 2. The van der Waals surface area contributed by atoms with Crippen molar-refractivity contribution in [3.63, 3.8) is 0 Å². The van der Waals surface area contributed by atoms with Gasteiger partial charge in [-0.1, -0.05) is 6.92 Å². The quantitative estimate of drug-likeness (QED) is 0.857. The highest BCUT2D eigenvalue weighted by molar-refractivity contribution is 5.73. The molecule has 1 aliphatic rings. The fourth-order valence-electron chi connectivity index (χ4n) is 2.89. The van der Waals surface area contributed by atoms with E-state index in [9.17, 15) is 18.0 Å². The third-order valence-corrected chi connectivity index (χ3v) is 3.80. The fourth-order valence-corrected chi connectivity index (χ4v) is 2.89. The van der Waals surface area contributed by atoms with Gasteiger partial charge >= 0.3 is 6.18 Å². The van der Waals surface area contributed by atoms with Crippen LogP contribution in [0.1, 0.15) is 6.92 Å². The predicted molar refractivity (Wildman–Crippen MR) is 78.4 cm³/mol. The average molecular weight is 330 g/mol. The molecule has 0 saturated carbocycles. The maximum Gasteiger partial charge on any atom is 0.401 e. The summed E-state index contributed by atoms with van der Waals surface area (Å²) in [7, 11) is 0. The van der Waals surface area contributed by atoms with Gasteiger partial charge in [-0.15, -0.1) is 0 Å². The van der Waals surface area contributed by atoms with Crippen molar-refractivity contribution in [2.24, 2.45) is 5.92 Å². The molecular weight excluding hydrogens is 313 g/mol. The summed E-state index contributed by atoms with van der Waals surface area (Å²) in [5.41, 5.74) is 0.0515. The normalized spacial score (nSPS) is 20.9. The monoisotopic (exact) mass is 330 g/mol. The number of anilines is 1. The molecule has 10 heteroatoms. The van der Waals surface area contributed by atoms with Crippen LogP contribution in [0.15, 0.2) is 11.0 Å². The SMILES string of the molecule is CC1CN(CC(F)(F)F)CCN(c2nc3[nH]ncc3c(=O)[nH]2)C1. The number of aromatic amines is 2. The van der Waals surface area contributed by atoms with Crippen molar-refractivity contribution in [3.05, 3.63) is 16.6 Å². The molecule has 3 rings (SSSR count). The summed E-state index contributed by atoms with van der Waals surface area (Å²) < 4.78 is 37.8. The van der Waals surface area contributed by atoms with Gasteiger partial charge in [-0.2, -0.15) is 23.3 Å². The van der Waals surface area contributed by atoms with E-state index in [0.717, 1.165) is 0 Å². The summed E-state index contributed by atoms with van der Waals surface area (Å²) in [6.45, 7) is 2.46. The molecule has 1 fully saturated rings. The van der Waals surface area contributed by atoms with Gasteiger partial charge in [0, 0.05) is 26.2 Å². The molecule has 1 aliphatic heterocycles. The maximum absolute atomic E-state index is 12.6. The van der Waals surface area contributed by atoms with Crippen molar-refractivity contribution in [3.8, 4) is 0 Å². The van der Waals surface area contributed by atoms with E-state index in [1.165, 1.54) is 11.1 Å². The van der Waals surface area contributed by atoms with Gasteiger partial charge in [0.15, 0.2) is 5.65 Å². The first kappa shape index (κ1) is 15.8. The summed E-state index contributed by atoms with van der Waals surface area (Å²) in [5.74, 6) is 0.370. The zero-order valence-electron chi connectivity index (χ0n) is 12.5. The van der Waals surface area contributed by atoms with E-state index >= 15 is 0 Å². The number of nitrogens with one attached hydrogen (secondary N) is 2. The molecule has 0 bridgehead atoms. The molecule has 3 heterocycles. The van der Waals surface area contributed by atoms with Crippen LogP contribution in [0, 0.1) is 5.92 Å². The van der Waals surface area contributed by atoms with Gasteiger partial charge in [-0.3, -0.25) is 19.8 Å². The summed E-state index contributed by atoms with van der Waals surface area (Å²) in [6.07, 6.45) is -2.82. The van der Waals surface area contributed by atoms with Gasteiger partial charge in [0.1, 0.15) is 5.39 Å². The van der Waals surface area contributed by atoms with E-state index in [-0.39, 0.29) is 18.0 Å².